The maximum absolute atomic E-state index is 13.8. The first-order chi connectivity index (χ1) is 13.1. The number of nitrogens with zero attached hydrogens (tertiary/aromatic N) is 1. The van der Waals surface area contributed by atoms with E-state index in [4.69, 9.17) is 17.0 Å². The van der Waals surface area contributed by atoms with Gasteiger partial charge in [0.1, 0.15) is 11.6 Å². The van der Waals surface area contributed by atoms with Gasteiger partial charge in [-0.2, -0.15) is 0 Å². The van der Waals surface area contributed by atoms with E-state index in [0.717, 1.165) is 32.5 Å². The molecule has 3 aliphatic heterocycles. The standard InChI is InChI=1S/C21H22F2N2OS/c22-17-5-1-3-15(11-17)20(16-4-2-6-18(23)12-16)26-21(27)24-19-13-25-9-7-14(19)8-10-25/h1-6,11-12,14,19-20H,7-10,13H2,(H,24,27)/t19-/m0/s1. The van der Waals surface area contributed by atoms with Crippen molar-refractivity contribution >= 4 is 17.4 Å². The summed E-state index contributed by atoms with van der Waals surface area (Å²) < 4.78 is 33.5. The van der Waals surface area contributed by atoms with Crippen LogP contribution in [0, 0.1) is 17.6 Å². The maximum atomic E-state index is 13.8. The van der Waals surface area contributed by atoms with Crippen molar-refractivity contribution in [1.82, 2.24) is 10.2 Å². The van der Waals surface area contributed by atoms with Gasteiger partial charge < -0.3 is 15.0 Å². The molecule has 0 spiro atoms. The Hall–Kier alpha value is -2.05. The second-order valence-electron chi connectivity index (χ2n) is 7.28. The summed E-state index contributed by atoms with van der Waals surface area (Å²) in [4.78, 5) is 2.43. The molecule has 0 aliphatic carbocycles. The Balaban J connectivity index is 1.53. The lowest BCUT2D eigenvalue weighted by Gasteiger charge is -2.45. The average molecular weight is 388 g/mol. The van der Waals surface area contributed by atoms with Gasteiger partial charge in [0, 0.05) is 12.6 Å². The molecule has 142 valence electrons. The molecule has 0 amide bonds. The van der Waals surface area contributed by atoms with Crippen molar-refractivity contribution in [1.29, 1.82) is 0 Å². The molecule has 1 atom stereocenters. The Morgan fingerprint density at radius 3 is 2.11 bits per heavy atom. The van der Waals surface area contributed by atoms with Gasteiger partial charge in [0.15, 0.2) is 6.10 Å². The zero-order valence-electron chi connectivity index (χ0n) is 14.9. The van der Waals surface area contributed by atoms with E-state index in [1.54, 1.807) is 24.3 Å². The van der Waals surface area contributed by atoms with Crippen LogP contribution in [-0.2, 0) is 4.74 Å². The first-order valence-electron chi connectivity index (χ1n) is 9.29. The van der Waals surface area contributed by atoms with Gasteiger partial charge in [-0.1, -0.05) is 24.3 Å². The van der Waals surface area contributed by atoms with Gasteiger partial charge in [-0.05, 0) is 79.5 Å². The van der Waals surface area contributed by atoms with Gasteiger partial charge in [0.25, 0.3) is 5.17 Å². The van der Waals surface area contributed by atoms with Crippen molar-refractivity contribution in [3.05, 3.63) is 71.3 Å². The van der Waals surface area contributed by atoms with Crippen LogP contribution >= 0.6 is 12.2 Å². The largest absolute Gasteiger partial charge is 0.458 e. The highest BCUT2D eigenvalue weighted by molar-refractivity contribution is 7.80. The summed E-state index contributed by atoms with van der Waals surface area (Å²) in [5.41, 5.74) is 1.19. The highest BCUT2D eigenvalue weighted by Gasteiger charge is 2.35. The van der Waals surface area contributed by atoms with Crippen molar-refractivity contribution < 1.29 is 13.5 Å². The number of rotatable bonds is 4. The van der Waals surface area contributed by atoms with Crippen molar-refractivity contribution in [3.8, 4) is 0 Å². The van der Waals surface area contributed by atoms with Crippen LogP contribution < -0.4 is 5.32 Å². The maximum Gasteiger partial charge on any atom is 0.257 e. The number of benzene rings is 2. The molecule has 0 aromatic heterocycles. The summed E-state index contributed by atoms with van der Waals surface area (Å²) >= 11 is 5.45. The third-order valence-corrected chi connectivity index (χ3v) is 5.70. The number of ether oxygens (including phenoxy) is 1. The lowest BCUT2D eigenvalue weighted by molar-refractivity contribution is 0.0766. The molecule has 3 fully saturated rings. The van der Waals surface area contributed by atoms with E-state index in [-0.39, 0.29) is 22.9 Å². The first-order valence-corrected chi connectivity index (χ1v) is 9.70. The monoisotopic (exact) mass is 388 g/mol. The molecular formula is C21H22F2N2OS. The number of nitrogens with one attached hydrogen (secondary N) is 1. The molecule has 2 aromatic rings. The fraction of sp³-hybridized carbons (Fsp3) is 0.381. The van der Waals surface area contributed by atoms with Gasteiger partial charge in [-0.15, -0.1) is 0 Å². The van der Waals surface area contributed by atoms with E-state index >= 15 is 0 Å². The normalized spacial score (nSPS) is 24.0. The minimum absolute atomic E-state index is 0.265. The molecule has 6 heteroatoms. The van der Waals surface area contributed by atoms with E-state index in [2.05, 4.69) is 10.2 Å². The first kappa shape index (κ1) is 18.3. The molecule has 3 saturated heterocycles. The summed E-state index contributed by atoms with van der Waals surface area (Å²) in [7, 11) is 0. The second kappa shape index (κ2) is 7.90. The quantitative estimate of drug-likeness (QED) is 0.799. The van der Waals surface area contributed by atoms with Crippen LogP contribution in [0.3, 0.4) is 0 Å². The van der Waals surface area contributed by atoms with Crippen LogP contribution in [0.15, 0.2) is 48.5 Å². The molecule has 5 rings (SSSR count). The Bertz CT molecular complexity index is 778. The SMILES string of the molecule is Fc1cccc(C(OC(=S)N[C@H]2CN3CCC2CC3)c2cccc(F)c2)c1. The predicted octanol–water partition coefficient (Wildman–Crippen LogP) is 4.04. The molecule has 2 bridgehead atoms. The highest BCUT2D eigenvalue weighted by atomic mass is 32.1. The molecule has 0 saturated carbocycles. The van der Waals surface area contributed by atoms with Crippen LogP contribution in [-0.4, -0.2) is 35.8 Å². The fourth-order valence-electron chi connectivity index (χ4n) is 4.09. The van der Waals surface area contributed by atoms with Crippen LogP contribution in [0.2, 0.25) is 0 Å². The van der Waals surface area contributed by atoms with Gasteiger partial charge in [-0.3, -0.25) is 0 Å². The lowest BCUT2D eigenvalue weighted by Crippen LogP contribution is -2.57. The van der Waals surface area contributed by atoms with Gasteiger partial charge in [0.05, 0.1) is 0 Å². The third kappa shape index (κ3) is 4.28. The van der Waals surface area contributed by atoms with Crippen molar-refractivity contribution in [2.45, 2.75) is 25.0 Å². The third-order valence-electron chi connectivity index (χ3n) is 5.49. The molecule has 27 heavy (non-hydrogen) atoms. The van der Waals surface area contributed by atoms with Crippen LogP contribution in [0.25, 0.3) is 0 Å². The molecule has 0 radical (unpaired) electrons. The summed E-state index contributed by atoms with van der Waals surface area (Å²) in [6.45, 7) is 3.25. The molecular weight excluding hydrogens is 366 g/mol. The Morgan fingerprint density at radius 1 is 1.04 bits per heavy atom. The van der Waals surface area contributed by atoms with E-state index < -0.39 is 6.10 Å². The smallest absolute Gasteiger partial charge is 0.257 e. The topological polar surface area (TPSA) is 24.5 Å². The number of hydrogen-bond acceptors (Lipinski definition) is 3. The molecule has 2 aromatic carbocycles. The number of fused-ring (bicyclic) bond motifs is 3. The minimum atomic E-state index is -0.669. The summed E-state index contributed by atoms with van der Waals surface area (Å²) in [5.74, 6) is -0.138. The lowest BCUT2D eigenvalue weighted by atomic mass is 9.84. The second-order valence-corrected chi connectivity index (χ2v) is 7.66. The van der Waals surface area contributed by atoms with Gasteiger partial charge in [0.2, 0.25) is 0 Å². The Labute approximate surface area is 163 Å². The van der Waals surface area contributed by atoms with Crippen molar-refractivity contribution in [2.75, 3.05) is 19.6 Å². The molecule has 1 N–H and O–H groups in total. The van der Waals surface area contributed by atoms with Crippen LogP contribution in [0.5, 0.6) is 0 Å². The van der Waals surface area contributed by atoms with Crippen LogP contribution in [0.1, 0.15) is 30.1 Å². The van der Waals surface area contributed by atoms with Crippen LogP contribution in [0.4, 0.5) is 8.78 Å². The molecule has 0 unspecified atom stereocenters. The van der Waals surface area contributed by atoms with E-state index in [1.165, 1.54) is 24.3 Å². The highest BCUT2D eigenvalue weighted by Crippen LogP contribution is 2.30. The zero-order chi connectivity index (χ0) is 18.8. The summed E-state index contributed by atoms with van der Waals surface area (Å²) in [6.07, 6.45) is 1.66. The molecule has 3 aliphatic rings. The average Bonchev–Trinajstić information content (AvgIpc) is 2.67. The fourth-order valence-corrected chi connectivity index (χ4v) is 4.34. The number of halogens is 2. The van der Waals surface area contributed by atoms with E-state index in [1.807, 2.05) is 0 Å². The van der Waals surface area contributed by atoms with Gasteiger partial charge in [-0.25, -0.2) is 8.78 Å². The number of thiocarbonyl (C=S) groups is 1. The summed E-state index contributed by atoms with van der Waals surface area (Å²) in [6, 6.07) is 12.5. The Kier molecular flexibility index (Phi) is 5.36. The van der Waals surface area contributed by atoms with Gasteiger partial charge >= 0.3 is 0 Å². The number of piperidine rings is 3. The van der Waals surface area contributed by atoms with Crippen molar-refractivity contribution in [3.63, 3.8) is 0 Å². The van der Waals surface area contributed by atoms with E-state index in [0.29, 0.717) is 17.0 Å². The molecule has 3 nitrogen and oxygen atoms in total. The summed E-state index contributed by atoms with van der Waals surface area (Å²) in [5, 5.41) is 3.60. The number of hydrogen-bond donors (Lipinski definition) is 1. The Morgan fingerprint density at radius 2 is 1.63 bits per heavy atom. The van der Waals surface area contributed by atoms with Crippen molar-refractivity contribution in [2.24, 2.45) is 5.92 Å². The molecule has 3 heterocycles. The van der Waals surface area contributed by atoms with E-state index in [9.17, 15) is 8.78 Å². The predicted molar refractivity (Wildman–Crippen MR) is 104 cm³/mol. The minimum Gasteiger partial charge on any atom is -0.458 e. The zero-order valence-corrected chi connectivity index (χ0v) is 15.7.